The second-order valence-electron chi connectivity index (χ2n) is 4.88. The van der Waals surface area contributed by atoms with Crippen LogP contribution in [0, 0.1) is 11.8 Å². The van der Waals surface area contributed by atoms with Gasteiger partial charge < -0.3 is 5.32 Å². The summed E-state index contributed by atoms with van der Waals surface area (Å²) in [7, 11) is 0. The highest BCUT2D eigenvalue weighted by atomic mass is 16.1. The third-order valence-electron chi connectivity index (χ3n) is 3.91. The number of carbonyl (C=O) groups excluding carboxylic acids is 1. The molecule has 80 valence electrons. The van der Waals surface area contributed by atoms with Crippen molar-refractivity contribution in [2.24, 2.45) is 11.8 Å². The predicted octanol–water partition coefficient (Wildman–Crippen LogP) is 2.13. The van der Waals surface area contributed by atoms with Crippen molar-refractivity contribution in [3.05, 3.63) is 0 Å². The lowest BCUT2D eigenvalue weighted by molar-refractivity contribution is -0.129. The second-order valence-corrected chi connectivity index (χ2v) is 4.88. The smallest absolute Gasteiger partial charge is 0.140 e. The highest BCUT2D eigenvalue weighted by Gasteiger charge is 2.33. The number of Topliss-reactive ketones (excluding diaryl/α,β-unsaturated/α-hetero) is 1. The molecule has 2 rings (SSSR count). The molecule has 2 heteroatoms. The van der Waals surface area contributed by atoms with Crippen molar-refractivity contribution in [1.29, 1.82) is 0 Å². The van der Waals surface area contributed by atoms with Gasteiger partial charge in [-0.2, -0.15) is 0 Å². The van der Waals surface area contributed by atoms with E-state index in [2.05, 4.69) is 12.2 Å². The van der Waals surface area contributed by atoms with Crippen molar-refractivity contribution in [2.45, 2.75) is 51.5 Å². The third kappa shape index (κ3) is 2.00. The van der Waals surface area contributed by atoms with Gasteiger partial charge in [-0.3, -0.25) is 4.79 Å². The summed E-state index contributed by atoms with van der Waals surface area (Å²) in [5, 5.41) is 3.48. The first-order valence-corrected chi connectivity index (χ1v) is 6.06. The van der Waals surface area contributed by atoms with Crippen LogP contribution >= 0.6 is 0 Å². The van der Waals surface area contributed by atoms with Crippen LogP contribution in [0.15, 0.2) is 0 Å². The number of rotatable bonds is 3. The van der Waals surface area contributed by atoms with E-state index < -0.39 is 0 Å². The number of hydrogen-bond acceptors (Lipinski definition) is 2. The molecule has 1 saturated carbocycles. The summed E-state index contributed by atoms with van der Waals surface area (Å²) in [6.07, 6.45) is 7.33. The maximum atomic E-state index is 12.0. The van der Waals surface area contributed by atoms with E-state index in [0.717, 1.165) is 19.4 Å². The Morgan fingerprint density at radius 2 is 2.00 bits per heavy atom. The van der Waals surface area contributed by atoms with Crippen molar-refractivity contribution in [3.8, 4) is 0 Å². The van der Waals surface area contributed by atoms with Crippen LogP contribution in [0.1, 0.15) is 45.4 Å². The average Bonchev–Trinajstić information content (AvgIpc) is 2.15. The number of carbonyl (C=O) groups is 1. The maximum absolute atomic E-state index is 12.0. The van der Waals surface area contributed by atoms with Gasteiger partial charge in [0.15, 0.2) is 0 Å². The first kappa shape index (κ1) is 10.2. The van der Waals surface area contributed by atoms with Crippen LogP contribution in [0.3, 0.4) is 0 Å². The van der Waals surface area contributed by atoms with Gasteiger partial charge >= 0.3 is 0 Å². The maximum Gasteiger partial charge on any atom is 0.140 e. The zero-order valence-corrected chi connectivity index (χ0v) is 9.09. The summed E-state index contributed by atoms with van der Waals surface area (Å²) in [5.41, 5.74) is 0. The molecule has 2 atom stereocenters. The van der Waals surface area contributed by atoms with Gasteiger partial charge in [-0.05, 0) is 32.2 Å². The number of nitrogens with one attached hydrogen (secondary N) is 1. The molecular formula is C12H21NO. The zero-order chi connectivity index (χ0) is 9.97. The highest BCUT2D eigenvalue weighted by molar-refractivity contribution is 5.84. The van der Waals surface area contributed by atoms with E-state index in [-0.39, 0.29) is 5.92 Å². The molecule has 2 unspecified atom stereocenters. The molecule has 1 saturated heterocycles. The van der Waals surface area contributed by atoms with E-state index in [1.54, 1.807) is 0 Å². The standard InChI is InChI=1S/C12H21NO/c1-9(11-7-2-3-8-13-11)12(14)10-5-4-6-10/h9-11,13H,2-8H2,1H3. The van der Waals surface area contributed by atoms with Gasteiger partial charge in [-0.15, -0.1) is 0 Å². The second kappa shape index (κ2) is 4.43. The minimum atomic E-state index is 0.251. The van der Waals surface area contributed by atoms with Crippen molar-refractivity contribution in [3.63, 3.8) is 0 Å². The van der Waals surface area contributed by atoms with Crippen LogP contribution in [0.4, 0.5) is 0 Å². The first-order chi connectivity index (χ1) is 6.79. The highest BCUT2D eigenvalue weighted by Crippen LogP contribution is 2.31. The third-order valence-corrected chi connectivity index (χ3v) is 3.91. The number of hydrogen-bond donors (Lipinski definition) is 1. The number of ketones is 1. The summed E-state index contributed by atoms with van der Waals surface area (Å²) < 4.78 is 0. The molecule has 2 aliphatic rings. The van der Waals surface area contributed by atoms with Crippen LogP contribution in [-0.4, -0.2) is 18.4 Å². The van der Waals surface area contributed by atoms with Crippen molar-refractivity contribution in [2.75, 3.05) is 6.54 Å². The van der Waals surface area contributed by atoms with E-state index in [1.165, 1.54) is 25.7 Å². The Bertz CT molecular complexity index is 204. The molecule has 1 heterocycles. The minimum absolute atomic E-state index is 0.251. The van der Waals surface area contributed by atoms with Crippen LogP contribution < -0.4 is 5.32 Å². The lowest BCUT2D eigenvalue weighted by atomic mass is 9.75. The van der Waals surface area contributed by atoms with Gasteiger partial charge in [0, 0.05) is 17.9 Å². The quantitative estimate of drug-likeness (QED) is 0.747. The molecule has 1 aliphatic heterocycles. The molecule has 14 heavy (non-hydrogen) atoms. The molecule has 0 aromatic rings. The molecule has 1 aliphatic carbocycles. The lowest BCUT2D eigenvalue weighted by Gasteiger charge is -2.33. The summed E-state index contributed by atoms with van der Waals surface area (Å²) in [6.45, 7) is 3.22. The fourth-order valence-corrected chi connectivity index (χ4v) is 2.57. The van der Waals surface area contributed by atoms with Gasteiger partial charge in [-0.25, -0.2) is 0 Å². The van der Waals surface area contributed by atoms with Gasteiger partial charge in [0.1, 0.15) is 5.78 Å². The van der Waals surface area contributed by atoms with E-state index >= 15 is 0 Å². The molecule has 0 aromatic heterocycles. The predicted molar refractivity (Wildman–Crippen MR) is 57.2 cm³/mol. The molecule has 0 aromatic carbocycles. The summed E-state index contributed by atoms with van der Waals surface area (Å²) >= 11 is 0. The topological polar surface area (TPSA) is 29.1 Å². The first-order valence-electron chi connectivity index (χ1n) is 6.06. The summed E-state index contributed by atoms with van der Waals surface area (Å²) in [5.74, 6) is 1.19. The van der Waals surface area contributed by atoms with Crippen LogP contribution in [-0.2, 0) is 4.79 Å². The minimum Gasteiger partial charge on any atom is -0.313 e. The van der Waals surface area contributed by atoms with Crippen LogP contribution in [0.25, 0.3) is 0 Å². The Morgan fingerprint density at radius 1 is 1.21 bits per heavy atom. The Morgan fingerprint density at radius 3 is 2.50 bits per heavy atom. The number of piperidine rings is 1. The summed E-state index contributed by atoms with van der Waals surface area (Å²) in [6, 6.07) is 0.469. The monoisotopic (exact) mass is 195 g/mol. The molecule has 0 bridgehead atoms. The lowest BCUT2D eigenvalue weighted by Crippen LogP contribution is -2.44. The van der Waals surface area contributed by atoms with E-state index in [4.69, 9.17) is 0 Å². The van der Waals surface area contributed by atoms with Gasteiger partial charge in [0.25, 0.3) is 0 Å². The Kier molecular flexibility index (Phi) is 3.22. The van der Waals surface area contributed by atoms with E-state index in [9.17, 15) is 4.79 Å². The Labute approximate surface area is 86.5 Å². The summed E-state index contributed by atoms with van der Waals surface area (Å²) in [4.78, 5) is 12.0. The van der Waals surface area contributed by atoms with Crippen LogP contribution in [0.5, 0.6) is 0 Å². The van der Waals surface area contributed by atoms with Gasteiger partial charge in [-0.1, -0.05) is 19.8 Å². The fourth-order valence-electron chi connectivity index (χ4n) is 2.57. The normalized spacial score (nSPS) is 30.8. The average molecular weight is 195 g/mol. The van der Waals surface area contributed by atoms with Crippen molar-refractivity contribution < 1.29 is 4.79 Å². The molecule has 0 spiro atoms. The molecule has 1 N–H and O–H groups in total. The Hall–Kier alpha value is -0.370. The van der Waals surface area contributed by atoms with Gasteiger partial charge in [0.2, 0.25) is 0 Å². The fraction of sp³-hybridized carbons (Fsp3) is 0.917. The van der Waals surface area contributed by atoms with E-state index in [0.29, 0.717) is 17.7 Å². The van der Waals surface area contributed by atoms with Crippen molar-refractivity contribution >= 4 is 5.78 Å². The van der Waals surface area contributed by atoms with Crippen LogP contribution in [0.2, 0.25) is 0 Å². The molecule has 2 fully saturated rings. The van der Waals surface area contributed by atoms with Crippen molar-refractivity contribution in [1.82, 2.24) is 5.32 Å². The molecular weight excluding hydrogens is 174 g/mol. The Balaban J connectivity index is 1.85. The van der Waals surface area contributed by atoms with E-state index in [1.807, 2.05) is 0 Å². The molecule has 2 nitrogen and oxygen atoms in total. The molecule has 0 radical (unpaired) electrons. The van der Waals surface area contributed by atoms with Gasteiger partial charge in [0.05, 0.1) is 0 Å². The zero-order valence-electron chi connectivity index (χ0n) is 9.09. The SMILES string of the molecule is CC(C(=O)C1CCC1)C1CCCCN1. The largest absolute Gasteiger partial charge is 0.313 e. The molecule has 0 amide bonds.